The molecule has 1 rings (SSSR count). The van der Waals surface area contributed by atoms with Crippen LogP contribution in [-0.4, -0.2) is 36.6 Å². The number of nitrogens with two attached hydrogens (primary N) is 1. The Bertz CT molecular complexity index is 389. The number of rotatable bonds is 2. The minimum atomic E-state index is -3.70. The van der Waals surface area contributed by atoms with Crippen molar-refractivity contribution < 1.29 is 18.3 Å². The van der Waals surface area contributed by atoms with Gasteiger partial charge in [0.1, 0.15) is 0 Å². The van der Waals surface area contributed by atoms with Gasteiger partial charge in [-0.25, -0.2) is 18.4 Å². The van der Waals surface area contributed by atoms with Crippen LogP contribution in [0.1, 0.15) is 19.8 Å². The Hall–Kier alpha value is -1.08. The molecule has 6 nitrogen and oxygen atoms in total. The van der Waals surface area contributed by atoms with Crippen molar-refractivity contribution in [3.8, 4) is 0 Å². The minimum Gasteiger partial charge on any atom is -0.465 e. The number of hydrogen-bond acceptors (Lipinski definition) is 3. The smallest absolute Gasteiger partial charge is 0.407 e. The summed E-state index contributed by atoms with van der Waals surface area (Å²) in [6.07, 6.45) is 1.61. The third-order valence-electron chi connectivity index (χ3n) is 2.53. The van der Waals surface area contributed by atoms with E-state index in [0.717, 1.165) is 11.8 Å². The van der Waals surface area contributed by atoms with E-state index < -0.39 is 21.7 Å². The molecule has 0 unspecified atom stereocenters. The fraction of sp³-hybridized carbons (Fsp3) is 0.625. The number of nitrogens with zero attached hydrogens (tertiary/aromatic N) is 1. The SMILES string of the molecule is C[C@@]1(/C=C/S(N)(=O)=O)CCCN1C(=O)O. The maximum Gasteiger partial charge on any atom is 0.407 e. The Morgan fingerprint density at radius 1 is 1.60 bits per heavy atom. The predicted molar refractivity (Wildman–Crippen MR) is 54.6 cm³/mol. The largest absolute Gasteiger partial charge is 0.465 e. The Labute approximate surface area is 88.4 Å². The van der Waals surface area contributed by atoms with E-state index in [1.165, 1.54) is 11.0 Å². The summed E-state index contributed by atoms with van der Waals surface area (Å²) in [5.41, 5.74) is -0.766. The molecule has 3 N–H and O–H groups in total. The standard InChI is InChI=1S/C8H14N2O4S/c1-8(4-6-15(9,13)14)3-2-5-10(8)7(11)12/h4,6H,2-3,5H2,1H3,(H,11,12)(H2,9,13,14)/b6-4+/t8-/m0/s1. The molecule has 1 saturated heterocycles. The Kier molecular flexibility index (Phi) is 3.05. The molecule has 1 atom stereocenters. The number of carboxylic acid groups (broad SMARTS) is 1. The number of sulfonamides is 1. The highest BCUT2D eigenvalue weighted by Gasteiger charge is 2.37. The van der Waals surface area contributed by atoms with E-state index in [4.69, 9.17) is 10.2 Å². The molecule has 0 bridgehead atoms. The second kappa shape index (κ2) is 3.82. The van der Waals surface area contributed by atoms with Crippen LogP contribution in [-0.2, 0) is 10.0 Å². The van der Waals surface area contributed by atoms with Gasteiger partial charge in [-0.15, -0.1) is 0 Å². The van der Waals surface area contributed by atoms with Crippen LogP contribution in [0.15, 0.2) is 11.5 Å². The van der Waals surface area contributed by atoms with E-state index >= 15 is 0 Å². The van der Waals surface area contributed by atoms with Crippen molar-refractivity contribution in [1.82, 2.24) is 4.90 Å². The Balaban J connectivity index is 2.91. The zero-order valence-corrected chi connectivity index (χ0v) is 9.20. The monoisotopic (exact) mass is 234 g/mol. The van der Waals surface area contributed by atoms with Gasteiger partial charge in [0.15, 0.2) is 0 Å². The molecule has 7 heteroatoms. The fourth-order valence-corrected chi connectivity index (χ4v) is 2.20. The summed E-state index contributed by atoms with van der Waals surface area (Å²) < 4.78 is 21.5. The van der Waals surface area contributed by atoms with E-state index in [-0.39, 0.29) is 0 Å². The normalized spacial score (nSPS) is 27.5. The molecule has 86 valence electrons. The molecule has 0 aromatic rings. The lowest BCUT2D eigenvalue weighted by Crippen LogP contribution is -2.42. The molecule has 1 heterocycles. The molecule has 0 radical (unpaired) electrons. The molecular weight excluding hydrogens is 220 g/mol. The van der Waals surface area contributed by atoms with Gasteiger partial charge in [-0.1, -0.05) is 0 Å². The third-order valence-corrected chi connectivity index (χ3v) is 3.04. The number of amides is 1. The first-order chi connectivity index (χ1) is 6.75. The molecule has 1 aliphatic heterocycles. The zero-order valence-electron chi connectivity index (χ0n) is 8.38. The molecular formula is C8H14N2O4S. The highest BCUT2D eigenvalue weighted by molar-refractivity contribution is 7.92. The lowest BCUT2D eigenvalue weighted by atomic mass is 10.00. The van der Waals surface area contributed by atoms with Crippen LogP contribution in [0.2, 0.25) is 0 Å². The summed E-state index contributed by atoms with van der Waals surface area (Å²) in [6, 6.07) is 0. The van der Waals surface area contributed by atoms with Gasteiger partial charge < -0.3 is 5.11 Å². The molecule has 1 amide bonds. The number of hydrogen-bond donors (Lipinski definition) is 2. The molecule has 0 aliphatic carbocycles. The lowest BCUT2D eigenvalue weighted by molar-refractivity contribution is 0.126. The minimum absolute atomic E-state index is 0.417. The van der Waals surface area contributed by atoms with Crippen molar-refractivity contribution in [3.05, 3.63) is 11.5 Å². The molecule has 0 saturated carbocycles. The van der Waals surface area contributed by atoms with Crippen molar-refractivity contribution in [2.24, 2.45) is 5.14 Å². The second-order valence-electron chi connectivity index (χ2n) is 3.79. The molecule has 15 heavy (non-hydrogen) atoms. The van der Waals surface area contributed by atoms with Crippen molar-refractivity contribution in [1.29, 1.82) is 0 Å². The molecule has 1 aliphatic rings. The summed E-state index contributed by atoms with van der Waals surface area (Å²) in [4.78, 5) is 12.1. The second-order valence-corrected chi connectivity index (χ2v) is 5.24. The number of primary sulfonamides is 1. The van der Waals surface area contributed by atoms with Crippen LogP contribution >= 0.6 is 0 Å². The van der Waals surface area contributed by atoms with Crippen molar-refractivity contribution in [2.45, 2.75) is 25.3 Å². The highest BCUT2D eigenvalue weighted by atomic mass is 32.2. The van der Waals surface area contributed by atoms with Gasteiger partial charge in [-0.05, 0) is 25.8 Å². The molecule has 0 aromatic carbocycles. The average Bonchev–Trinajstić information content (AvgIpc) is 2.44. The van der Waals surface area contributed by atoms with Crippen LogP contribution in [0.5, 0.6) is 0 Å². The summed E-state index contributed by atoms with van der Waals surface area (Å²) in [5, 5.41) is 14.6. The van der Waals surface area contributed by atoms with Gasteiger partial charge in [-0.3, -0.25) is 4.90 Å². The van der Waals surface area contributed by atoms with Crippen molar-refractivity contribution in [3.63, 3.8) is 0 Å². The van der Waals surface area contributed by atoms with Crippen LogP contribution in [0.4, 0.5) is 4.79 Å². The maximum absolute atomic E-state index is 10.9. The first-order valence-corrected chi connectivity index (χ1v) is 6.08. The lowest BCUT2D eigenvalue weighted by Gasteiger charge is -2.29. The first-order valence-electron chi connectivity index (χ1n) is 4.47. The Morgan fingerprint density at radius 2 is 2.20 bits per heavy atom. The highest BCUT2D eigenvalue weighted by Crippen LogP contribution is 2.30. The van der Waals surface area contributed by atoms with E-state index in [1.54, 1.807) is 6.92 Å². The van der Waals surface area contributed by atoms with Crippen molar-refractivity contribution >= 4 is 16.1 Å². The summed E-state index contributed by atoms with van der Waals surface area (Å²) in [6.45, 7) is 2.09. The van der Waals surface area contributed by atoms with E-state index in [0.29, 0.717) is 13.0 Å². The number of carbonyl (C=O) groups is 1. The zero-order chi connectivity index (χ0) is 11.7. The molecule has 0 aromatic heterocycles. The topological polar surface area (TPSA) is 101 Å². The van der Waals surface area contributed by atoms with Gasteiger partial charge >= 0.3 is 6.09 Å². The van der Waals surface area contributed by atoms with Crippen LogP contribution in [0, 0.1) is 0 Å². The van der Waals surface area contributed by atoms with Crippen LogP contribution in [0.3, 0.4) is 0 Å². The summed E-state index contributed by atoms with van der Waals surface area (Å²) in [5.74, 6) is 0. The van der Waals surface area contributed by atoms with Crippen LogP contribution in [0.25, 0.3) is 0 Å². The summed E-state index contributed by atoms with van der Waals surface area (Å²) >= 11 is 0. The summed E-state index contributed by atoms with van der Waals surface area (Å²) in [7, 11) is -3.70. The van der Waals surface area contributed by atoms with Gasteiger partial charge in [0, 0.05) is 12.0 Å². The first kappa shape index (κ1) is 12.0. The quantitative estimate of drug-likeness (QED) is 0.718. The van der Waals surface area contributed by atoms with Gasteiger partial charge in [-0.2, -0.15) is 0 Å². The van der Waals surface area contributed by atoms with E-state index in [2.05, 4.69) is 0 Å². The van der Waals surface area contributed by atoms with E-state index in [9.17, 15) is 13.2 Å². The van der Waals surface area contributed by atoms with Gasteiger partial charge in [0.2, 0.25) is 10.0 Å². The van der Waals surface area contributed by atoms with Gasteiger partial charge in [0.25, 0.3) is 0 Å². The fourth-order valence-electron chi connectivity index (χ4n) is 1.71. The third kappa shape index (κ3) is 2.93. The van der Waals surface area contributed by atoms with Crippen molar-refractivity contribution in [2.75, 3.05) is 6.54 Å². The predicted octanol–water partition coefficient (Wildman–Crippen LogP) is 0.321. The average molecular weight is 234 g/mol. The van der Waals surface area contributed by atoms with Gasteiger partial charge in [0.05, 0.1) is 5.54 Å². The number of likely N-dealkylation sites (tertiary alicyclic amines) is 1. The van der Waals surface area contributed by atoms with E-state index in [1.807, 2.05) is 0 Å². The molecule has 1 fully saturated rings. The Morgan fingerprint density at radius 3 is 2.67 bits per heavy atom. The molecule has 0 spiro atoms. The maximum atomic E-state index is 10.9. The van der Waals surface area contributed by atoms with Crippen LogP contribution < -0.4 is 5.14 Å².